The molecule has 1 fully saturated rings. The van der Waals surface area contributed by atoms with Gasteiger partial charge in [0.05, 0.1) is 30.2 Å². The summed E-state index contributed by atoms with van der Waals surface area (Å²) in [5.74, 6) is 1.02. The molecule has 0 saturated carbocycles. The maximum Gasteiger partial charge on any atom is 0.256 e. The Hall–Kier alpha value is -6.50. The number of carbonyl (C=O) groups is 2. The van der Waals surface area contributed by atoms with Crippen LogP contribution in [0.5, 0.6) is 0 Å². The first-order valence-electron chi connectivity index (χ1n) is 20.7. The van der Waals surface area contributed by atoms with Gasteiger partial charge in [-0.3, -0.25) is 9.59 Å². The van der Waals surface area contributed by atoms with E-state index < -0.39 is 6.29 Å². The summed E-state index contributed by atoms with van der Waals surface area (Å²) in [5.41, 5.74) is 15.5. The number of aliphatic hydroxyl groups is 1. The maximum absolute atomic E-state index is 12.6. The number of nitrogens with zero attached hydrogens (tertiary/aromatic N) is 1. The molecule has 2 heterocycles. The van der Waals surface area contributed by atoms with E-state index in [0.29, 0.717) is 41.7 Å². The molecule has 314 valence electrons. The molecule has 1 aliphatic rings. The van der Waals surface area contributed by atoms with Crippen molar-refractivity contribution in [1.29, 1.82) is 0 Å². The number of carbonyl (C=O) groups excluding carboxylic acids is 2. The lowest BCUT2D eigenvalue weighted by Gasteiger charge is -2.36. The highest BCUT2D eigenvalue weighted by Crippen LogP contribution is 2.41. The third-order valence-corrected chi connectivity index (χ3v) is 11.6. The van der Waals surface area contributed by atoms with E-state index in [9.17, 15) is 14.7 Å². The zero-order valence-corrected chi connectivity index (χ0v) is 34.9. The van der Waals surface area contributed by atoms with Crippen LogP contribution in [0.2, 0.25) is 0 Å². The third kappa shape index (κ3) is 10.9. The number of hydrogen-bond donors (Lipinski definition) is 4. The van der Waals surface area contributed by atoms with Crippen LogP contribution < -0.4 is 16.4 Å². The van der Waals surface area contributed by atoms with Crippen LogP contribution in [0.3, 0.4) is 0 Å². The first kappa shape index (κ1) is 42.2. The molecule has 62 heavy (non-hydrogen) atoms. The van der Waals surface area contributed by atoms with Gasteiger partial charge in [0.1, 0.15) is 5.69 Å². The maximum atomic E-state index is 12.6. The molecule has 1 saturated heterocycles. The Morgan fingerprint density at radius 3 is 2.11 bits per heavy atom. The van der Waals surface area contributed by atoms with E-state index in [1.807, 2.05) is 121 Å². The molecule has 1 aliphatic heterocycles. The van der Waals surface area contributed by atoms with Gasteiger partial charge in [-0.25, -0.2) is 4.98 Å². The Bertz CT molecular complexity index is 2510. The minimum atomic E-state index is -0.626. The van der Waals surface area contributed by atoms with Gasteiger partial charge in [0.2, 0.25) is 11.8 Å². The molecule has 7 aromatic rings. The van der Waals surface area contributed by atoms with Gasteiger partial charge in [-0.05, 0) is 52.4 Å². The van der Waals surface area contributed by atoms with Crippen LogP contribution >= 0.6 is 11.8 Å². The molecule has 0 spiro atoms. The summed E-state index contributed by atoms with van der Waals surface area (Å²) in [5, 5.41) is 16.0. The van der Waals surface area contributed by atoms with Crippen molar-refractivity contribution >= 4 is 35.0 Å². The average molecular weight is 845 g/mol. The van der Waals surface area contributed by atoms with E-state index in [1.165, 1.54) is 11.8 Å². The summed E-state index contributed by atoms with van der Waals surface area (Å²) in [6, 6.07) is 51.3. The lowest BCUT2D eigenvalue weighted by Crippen LogP contribution is -2.31. The van der Waals surface area contributed by atoms with E-state index in [-0.39, 0.29) is 43.5 Å². The lowest BCUT2D eigenvalue weighted by molar-refractivity contribution is -0.245. The smallest absolute Gasteiger partial charge is 0.256 e. The van der Waals surface area contributed by atoms with Gasteiger partial charge < -0.3 is 35.4 Å². The Balaban J connectivity index is 0.913. The lowest BCUT2D eigenvalue weighted by atomic mass is 9.99. The Morgan fingerprint density at radius 2 is 1.37 bits per heavy atom. The molecule has 8 rings (SSSR count). The number of nitrogens with two attached hydrogens (primary N) is 1. The summed E-state index contributed by atoms with van der Waals surface area (Å²) in [7, 11) is 0. The Morgan fingerprint density at radius 1 is 0.694 bits per heavy atom. The molecule has 0 radical (unpaired) electrons. The molecule has 0 unspecified atom stereocenters. The van der Waals surface area contributed by atoms with Gasteiger partial charge in [-0.1, -0.05) is 151 Å². The number of oxazole rings is 1. The fraction of sp³-hybridized carbons (Fsp3) is 0.196. The minimum absolute atomic E-state index is 0.0270. The molecular formula is C51H48N4O6S. The predicted molar refractivity (Wildman–Crippen MR) is 244 cm³/mol. The first-order chi connectivity index (χ1) is 30.4. The van der Waals surface area contributed by atoms with Crippen LogP contribution in [-0.2, 0) is 32.2 Å². The average Bonchev–Trinajstić information content (AvgIpc) is 3.76. The van der Waals surface area contributed by atoms with E-state index in [2.05, 4.69) is 28.8 Å². The van der Waals surface area contributed by atoms with Crippen molar-refractivity contribution in [3.05, 3.63) is 180 Å². The zero-order valence-electron chi connectivity index (χ0n) is 34.1. The van der Waals surface area contributed by atoms with Crippen LogP contribution in [0.25, 0.3) is 33.7 Å². The third-order valence-electron chi connectivity index (χ3n) is 10.7. The van der Waals surface area contributed by atoms with Crippen molar-refractivity contribution < 1.29 is 28.6 Å². The van der Waals surface area contributed by atoms with Gasteiger partial charge in [-0.15, -0.1) is 0 Å². The van der Waals surface area contributed by atoms with Crippen LogP contribution in [-0.4, -0.2) is 33.8 Å². The number of para-hydroxylation sites is 2. The highest BCUT2D eigenvalue weighted by atomic mass is 32.2. The highest BCUT2D eigenvalue weighted by molar-refractivity contribution is 7.99. The molecule has 3 atom stereocenters. The van der Waals surface area contributed by atoms with Crippen LogP contribution in [0.4, 0.5) is 11.4 Å². The van der Waals surface area contributed by atoms with Crippen LogP contribution in [0, 0.1) is 0 Å². The van der Waals surface area contributed by atoms with Gasteiger partial charge in [0.25, 0.3) is 5.22 Å². The van der Waals surface area contributed by atoms with Gasteiger partial charge in [0, 0.05) is 48.3 Å². The fourth-order valence-electron chi connectivity index (χ4n) is 7.34. The van der Waals surface area contributed by atoms with Crippen molar-refractivity contribution in [3.8, 4) is 33.7 Å². The highest BCUT2D eigenvalue weighted by Gasteiger charge is 2.33. The molecule has 1 aromatic heterocycles. The first-order valence-corrected chi connectivity index (χ1v) is 21.7. The number of anilines is 2. The number of amides is 2. The predicted octanol–water partition coefficient (Wildman–Crippen LogP) is 10.5. The quantitative estimate of drug-likeness (QED) is 0.0551. The SMILES string of the molecule is Nc1ccccc1NC(=O)CCCC(=O)NCc1cccc(-c2ccc([C@@H]3O[C@H](CSc4nc(-c5ccccc5)c(-c5ccccc5)o4)C[C@H](c4ccc(CO)cc4)O3)cc2)c1. The second-order valence-electron chi connectivity index (χ2n) is 15.1. The summed E-state index contributed by atoms with van der Waals surface area (Å²) >= 11 is 1.53. The Labute approximate surface area is 365 Å². The number of ether oxygens (including phenoxy) is 2. The number of benzene rings is 6. The number of nitrogens with one attached hydrogen (secondary N) is 2. The van der Waals surface area contributed by atoms with Crippen molar-refractivity contribution in [3.63, 3.8) is 0 Å². The zero-order chi connectivity index (χ0) is 42.7. The van der Waals surface area contributed by atoms with E-state index in [0.717, 1.165) is 56.0 Å². The van der Waals surface area contributed by atoms with Crippen molar-refractivity contribution in [1.82, 2.24) is 10.3 Å². The van der Waals surface area contributed by atoms with Crippen molar-refractivity contribution in [2.75, 3.05) is 16.8 Å². The van der Waals surface area contributed by atoms with Crippen molar-refractivity contribution in [2.45, 2.75) is 62.6 Å². The normalized spacial score (nSPS) is 16.1. The fourth-order valence-corrected chi connectivity index (χ4v) is 8.18. The molecule has 2 amide bonds. The summed E-state index contributed by atoms with van der Waals surface area (Å²) in [6.07, 6.45) is 0.451. The number of aromatic nitrogens is 1. The van der Waals surface area contributed by atoms with Gasteiger partial charge in [-0.2, -0.15) is 0 Å². The molecule has 10 nitrogen and oxygen atoms in total. The number of aliphatic hydroxyl groups excluding tert-OH is 1. The molecule has 0 aliphatic carbocycles. The van der Waals surface area contributed by atoms with Gasteiger partial charge in [0.15, 0.2) is 12.1 Å². The van der Waals surface area contributed by atoms with Crippen LogP contribution in [0.1, 0.15) is 60.3 Å². The number of rotatable bonds is 16. The largest absolute Gasteiger partial charge is 0.431 e. The summed E-state index contributed by atoms with van der Waals surface area (Å²) in [6.45, 7) is 0.344. The van der Waals surface area contributed by atoms with Gasteiger partial charge >= 0.3 is 0 Å². The van der Waals surface area contributed by atoms with Crippen molar-refractivity contribution in [2.24, 2.45) is 0 Å². The number of thioether (sulfide) groups is 1. The second kappa shape index (κ2) is 20.4. The molecule has 11 heteroatoms. The molecular weight excluding hydrogens is 797 g/mol. The monoisotopic (exact) mass is 844 g/mol. The second-order valence-corrected chi connectivity index (χ2v) is 16.1. The molecule has 5 N–H and O–H groups in total. The van der Waals surface area contributed by atoms with Crippen LogP contribution in [0.15, 0.2) is 167 Å². The Kier molecular flexibility index (Phi) is 13.9. The minimum Gasteiger partial charge on any atom is -0.431 e. The number of hydrogen-bond acceptors (Lipinski definition) is 9. The van der Waals surface area contributed by atoms with E-state index in [4.69, 9.17) is 24.6 Å². The summed E-state index contributed by atoms with van der Waals surface area (Å²) < 4.78 is 19.7. The topological polar surface area (TPSA) is 149 Å². The number of nitrogen functional groups attached to an aromatic ring is 1. The standard InChI is InChI=1S/C51H48N4O6S/c52-43-17-7-8-18-44(43)54-47(58)20-10-19-46(57)53-31-35-11-9-16-41(29-35)36-25-27-40(28-26-36)50-59-42(30-45(60-50)37-23-21-34(32-56)22-24-37)33-62-51-55-48(38-12-3-1-4-13-38)49(61-51)39-14-5-2-6-15-39/h1-9,11-18,21-29,42,45,50,56H,10,19-20,30-33,52H2,(H,53,57)(H,54,58)/t42-,45+,50+/m0/s1. The van der Waals surface area contributed by atoms with E-state index >= 15 is 0 Å². The van der Waals surface area contributed by atoms with E-state index in [1.54, 1.807) is 18.2 Å². The molecule has 0 bridgehead atoms. The summed E-state index contributed by atoms with van der Waals surface area (Å²) in [4.78, 5) is 30.0. The molecule has 6 aromatic carbocycles.